The molecular weight excluding hydrogens is 412 g/mol. The highest BCUT2D eigenvalue weighted by atomic mass is 16.3. The number of fused-ring (bicyclic) bond motifs is 1. The smallest absolute Gasteiger partial charge is 0.159 e. The van der Waals surface area contributed by atoms with E-state index in [-0.39, 0.29) is 12.6 Å². The molecule has 0 unspecified atom stereocenters. The van der Waals surface area contributed by atoms with Crippen LogP contribution >= 0.6 is 0 Å². The SMILES string of the molecule is N#Cc1ccc(N2CCN(c3nnc(Cc4ccccc4)c4ccccc34)C[C@@H]2CO)nc1. The van der Waals surface area contributed by atoms with Gasteiger partial charge in [0.2, 0.25) is 0 Å². The fraction of sp³-hybridized carbons (Fsp3) is 0.231. The summed E-state index contributed by atoms with van der Waals surface area (Å²) in [6, 6.07) is 24.1. The van der Waals surface area contributed by atoms with Gasteiger partial charge in [-0.2, -0.15) is 10.4 Å². The van der Waals surface area contributed by atoms with Crippen LogP contribution in [0.5, 0.6) is 0 Å². The summed E-state index contributed by atoms with van der Waals surface area (Å²) < 4.78 is 0. The van der Waals surface area contributed by atoms with Crippen molar-refractivity contribution in [1.29, 1.82) is 5.26 Å². The molecule has 1 fully saturated rings. The van der Waals surface area contributed by atoms with Gasteiger partial charge >= 0.3 is 0 Å². The number of piperazine rings is 1. The molecule has 1 aliphatic rings. The monoisotopic (exact) mass is 436 g/mol. The predicted molar refractivity (Wildman–Crippen MR) is 128 cm³/mol. The van der Waals surface area contributed by atoms with E-state index in [0.29, 0.717) is 18.7 Å². The number of aromatic nitrogens is 3. The van der Waals surface area contributed by atoms with Crippen LogP contribution in [0.3, 0.4) is 0 Å². The Hall–Kier alpha value is -4.02. The van der Waals surface area contributed by atoms with Crippen molar-refractivity contribution in [1.82, 2.24) is 15.2 Å². The van der Waals surface area contributed by atoms with Crippen molar-refractivity contribution in [3.8, 4) is 6.07 Å². The van der Waals surface area contributed by atoms with E-state index >= 15 is 0 Å². The summed E-state index contributed by atoms with van der Waals surface area (Å²) in [5.74, 6) is 1.61. The van der Waals surface area contributed by atoms with Crippen LogP contribution in [0.1, 0.15) is 16.8 Å². The van der Waals surface area contributed by atoms with Gasteiger partial charge in [0.05, 0.1) is 23.9 Å². The quantitative estimate of drug-likeness (QED) is 0.514. The first kappa shape index (κ1) is 20.9. The number of benzene rings is 2. The van der Waals surface area contributed by atoms with Crippen molar-refractivity contribution in [3.05, 3.63) is 89.7 Å². The van der Waals surface area contributed by atoms with E-state index < -0.39 is 0 Å². The highest BCUT2D eigenvalue weighted by Gasteiger charge is 2.29. The molecule has 0 saturated carbocycles. The number of anilines is 2. The van der Waals surface area contributed by atoms with Crippen LogP contribution in [0.2, 0.25) is 0 Å². The minimum Gasteiger partial charge on any atom is -0.394 e. The summed E-state index contributed by atoms with van der Waals surface area (Å²) in [4.78, 5) is 8.71. The molecular formula is C26H24N6O. The number of aliphatic hydroxyl groups excluding tert-OH is 1. The summed E-state index contributed by atoms with van der Waals surface area (Å²) in [5.41, 5.74) is 2.68. The minimum absolute atomic E-state index is 0.00433. The standard InChI is InChI=1S/C26H24N6O/c27-15-20-10-11-25(28-16-20)32-13-12-31(17-21(32)18-33)26-23-9-5-4-8-22(23)24(29-30-26)14-19-6-2-1-3-7-19/h1-11,16,21,33H,12-14,17-18H2/t21-/m1/s1. The molecule has 0 bridgehead atoms. The highest BCUT2D eigenvalue weighted by Crippen LogP contribution is 2.29. The average Bonchev–Trinajstić information content (AvgIpc) is 2.89. The molecule has 2 aromatic carbocycles. The fourth-order valence-corrected chi connectivity index (χ4v) is 4.43. The molecule has 164 valence electrons. The van der Waals surface area contributed by atoms with Gasteiger partial charge in [0, 0.05) is 43.0 Å². The fourth-order valence-electron chi connectivity index (χ4n) is 4.43. The van der Waals surface area contributed by atoms with E-state index in [0.717, 1.165) is 41.1 Å². The topological polar surface area (TPSA) is 89.2 Å². The third-order valence-electron chi connectivity index (χ3n) is 6.12. The van der Waals surface area contributed by atoms with Crippen molar-refractivity contribution in [2.45, 2.75) is 12.5 Å². The Morgan fingerprint density at radius 1 is 0.939 bits per heavy atom. The van der Waals surface area contributed by atoms with Crippen LogP contribution in [0.15, 0.2) is 72.9 Å². The van der Waals surface area contributed by atoms with Gasteiger partial charge in [-0.3, -0.25) is 0 Å². The molecule has 0 radical (unpaired) electrons. The average molecular weight is 437 g/mol. The first-order valence-corrected chi connectivity index (χ1v) is 11.0. The molecule has 33 heavy (non-hydrogen) atoms. The number of nitrogens with zero attached hydrogens (tertiary/aromatic N) is 6. The van der Waals surface area contributed by atoms with Gasteiger partial charge < -0.3 is 14.9 Å². The molecule has 7 nitrogen and oxygen atoms in total. The lowest BCUT2D eigenvalue weighted by Gasteiger charge is -2.42. The molecule has 1 saturated heterocycles. The lowest BCUT2D eigenvalue weighted by Crippen LogP contribution is -2.55. The predicted octanol–water partition coefficient (Wildman–Crippen LogP) is 3.17. The Morgan fingerprint density at radius 3 is 2.45 bits per heavy atom. The zero-order valence-electron chi connectivity index (χ0n) is 18.2. The van der Waals surface area contributed by atoms with Crippen LogP contribution in [-0.2, 0) is 6.42 Å². The van der Waals surface area contributed by atoms with Gasteiger partial charge in [-0.05, 0) is 17.7 Å². The number of hydrogen-bond acceptors (Lipinski definition) is 7. The van der Waals surface area contributed by atoms with Crippen molar-refractivity contribution >= 4 is 22.4 Å². The summed E-state index contributed by atoms with van der Waals surface area (Å²) in [6.45, 7) is 2.02. The van der Waals surface area contributed by atoms with E-state index in [1.54, 1.807) is 12.3 Å². The molecule has 0 amide bonds. The van der Waals surface area contributed by atoms with Crippen LogP contribution in [0, 0.1) is 11.3 Å². The minimum atomic E-state index is -0.135. The number of nitriles is 1. The molecule has 0 aliphatic carbocycles. The second kappa shape index (κ2) is 9.23. The number of aliphatic hydroxyl groups is 1. The molecule has 1 aliphatic heterocycles. The maximum absolute atomic E-state index is 10.1. The summed E-state index contributed by atoms with van der Waals surface area (Å²) >= 11 is 0. The van der Waals surface area contributed by atoms with Gasteiger partial charge in [0.25, 0.3) is 0 Å². The van der Waals surface area contributed by atoms with E-state index in [4.69, 9.17) is 5.26 Å². The van der Waals surface area contributed by atoms with Crippen LogP contribution in [0.25, 0.3) is 10.8 Å². The number of pyridine rings is 1. The van der Waals surface area contributed by atoms with Gasteiger partial charge in [-0.15, -0.1) is 5.10 Å². The van der Waals surface area contributed by atoms with E-state index in [9.17, 15) is 5.11 Å². The summed E-state index contributed by atoms with van der Waals surface area (Å²) in [6.07, 6.45) is 2.30. The summed E-state index contributed by atoms with van der Waals surface area (Å²) in [5, 5.41) is 30.6. The van der Waals surface area contributed by atoms with Crippen molar-refractivity contribution in [2.24, 2.45) is 0 Å². The lowest BCUT2D eigenvalue weighted by atomic mass is 10.0. The van der Waals surface area contributed by atoms with Crippen LogP contribution < -0.4 is 9.80 Å². The Balaban J connectivity index is 1.42. The Morgan fingerprint density at radius 2 is 1.73 bits per heavy atom. The Kier molecular flexibility index (Phi) is 5.83. The van der Waals surface area contributed by atoms with Crippen molar-refractivity contribution in [3.63, 3.8) is 0 Å². The van der Waals surface area contributed by atoms with Crippen molar-refractivity contribution in [2.75, 3.05) is 36.0 Å². The zero-order valence-corrected chi connectivity index (χ0v) is 18.2. The van der Waals surface area contributed by atoms with Gasteiger partial charge in [0.1, 0.15) is 11.9 Å². The molecule has 0 spiro atoms. The highest BCUT2D eigenvalue weighted by molar-refractivity contribution is 5.93. The Bertz CT molecular complexity index is 1290. The Labute approximate surface area is 192 Å². The van der Waals surface area contributed by atoms with Crippen LogP contribution in [-0.4, -0.2) is 52.6 Å². The third-order valence-corrected chi connectivity index (χ3v) is 6.12. The van der Waals surface area contributed by atoms with E-state index in [2.05, 4.69) is 55.3 Å². The largest absolute Gasteiger partial charge is 0.394 e. The zero-order chi connectivity index (χ0) is 22.6. The molecule has 3 heterocycles. The lowest BCUT2D eigenvalue weighted by molar-refractivity contribution is 0.252. The summed E-state index contributed by atoms with van der Waals surface area (Å²) in [7, 11) is 0. The first-order chi connectivity index (χ1) is 16.3. The van der Waals surface area contributed by atoms with Crippen molar-refractivity contribution < 1.29 is 5.11 Å². The van der Waals surface area contributed by atoms with Crippen LogP contribution in [0.4, 0.5) is 11.6 Å². The first-order valence-electron chi connectivity index (χ1n) is 11.0. The third kappa shape index (κ3) is 4.21. The van der Waals surface area contributed by atoms with E-state index in [1.807, 2.05) is 36.4 Å². The molecule has 5 rings (SSSR count). The molecule has 2 aromatic heterocycles. The molecule has 1 N–H and O–H groups in total. The molecule has 1 atom stereocenters. The normalized spacial score (nSPS) is 16.1. The second-order valence-electron chi connectivity index (χ2n) is 8.17. The van der Waals surface area contributed by atoms with E-state index in [1.165, 1.54) is 5.56 Å². The molecule has 7 heteroatoms. The maximum Gasteiger partial charge on any atom is 0.159 e. The number of hydrogen-bond donors (Lipinski definition) is 1. The maximum atomic E-state index is 10.1. The number of rotatable bonds is 5. The second-order valence-corrected chi connectivity index (χ2v) is 8.17. The van der Waals surface area contributed by atoms with Gasteiger partial charge in [-0.25, -0.2) is 4.98 Å². The van der Waals surface area contributed by atoms with Gasteiger partial charge in [-0.1, -0.05) is 54.6 Å². The molecule has 4 aromatic rings. The van der Waals surface area contributed by atoms with Gasteiger partial charge in [0.15, 0.2) is 5.82 Å².